The summed E-state index contributed by atoms with van der Waals surface area (Å²) in [6, 6.07) is 9.00. The molecule has 4 aromatic rings. The zero-order chi connectivity index (χ0) is 20.7. The summed E-state index contributed by atoms with van der Waals surface area (Å²) in [5.41, 5.74) is 0.154. The average Bonchev–Trinajstić information content (AvgIpc) is 3.10. The van der Waals surface area contributed by atoms with Crippen LogP contribution in [0.15, 0.2) is 47.5 Å². The number of nitrogens with zero attached hydrogens (tertiary/aromatic N) is 5. The standard InChI is InChI=1S/C19H10F3N5O2/c1-26-9-24-16-17(26)25-19(29-13-7-6-12(20)14(21)15(13)22)27(18(16)28)11-4-2-10(8-23)3-5-11/h2-7,9H,1H3. The fraction of sp³-hybridized carbons (Fsp3) is 0.0526. The van der Waals surface area contributed by atoms with E-state index < -0.39 is 28.8 Å². The highest BCUT2D eigenvalue weighted by Gasteiger charge is 2.21. The molecule has 2 aromatic heterocycles. The van der Waals surface area contributed by atoms with E-state index in [1.54, 1.807) is 7.05 Å². The maximum atomic E-state index is 14.1. The molecule has 4 rings (SSSR count). The van der Waals surface area contributed by atoms with Crippen molar-refractivity contribution in [3.63, 3.8) is 0 Å². The molecule has 0 aliphatic carbocycles. The zero-order valence-electron chi connectivity index (χ0n) is 14.7. The summed E-state index contributed by atoms with van der Waals surface area (Å²) < 4.78 is 48.7. The van der Waals surface area contributed by atoms with Gasteiger partial charge in [-0.3, -0.25) is 4.79 Å². The van der Waals surface area contributed by atoms with Gasteiger partial charge in [0.25, 0.3) is 5.56 Å². The van der Waals surface area contributed by atoms with Gasteiger partial charge in [-0.15, -0.1) is 0 Å². The van der Waals surface area contributed by atoms with Gasteiger partial charge in [-0.2, -0.15) is 14.6 Å². The van der Waals surface area contributed by atoms with Crippen molar-refractivity contribution in [2.24, 2.45) is 7.05 Å². The third kappa shape index (κ3) is 2.98. The summed E-state index contributed by atoms with van der Waals surface area (Å²) >= 11 is 0. The summed E-state index contributed by atoms with van der Waals surface area (Å²) in [7, 11) is 1.59. The number of ether oxygens (including phenoxy) is 1. The third-order valence-electron chi connectivity index (χ3n) is 4.16. The predicted octanol–water partition coefficient (Wildman–Crippen LogP) is 3.20. The Kier molecular flexibility index (Phi) is 4.27. The van der Waals surface area contributed by atoms with E-state index in [1.807, 2.05) is 6.07 Å². The molecule has 0 N–H and O–H groups in total. The Morgan fingerprint density at radius 3 is 2.48 bits per heavy atom. The molecule has 10 heteroatoms. The van der Waals surface area contributed by atoms with Crippen LogP contribution in [0.2, 0.25) is 0 Å². The molecular formula is C19H10F3N5O2. The number of halogens is 3. The SMILES string of the molecule is Cn1cnc2c(=O)n(-c3ccc(C#N)cc3)c(Oc3ccc(F)c(F)c3F)nc21. The molecule has 0 radical (unpaired) electrons. The number of imidazole rings is 1. The van der Waals surface area contributed by atoms with Gasteiger partial charge in [-0.1, -0.05) is 0 Å². The maximum Gasteiger partial charge on any atom is 0.311 e. The lowest BCUT2D eigenvalue weighted by Crippen LogP contribution is -2.22. The molecule has 0 unspecified atom stereocenters. The number of aryl methyl sites for hydroxylation is 1. The lowest BCUT2D eigenvalue weighted by molar-refractivity contribution is 0.371. The van der Waals surface area contributed by atoms with Crippen LogP contribution in [0.3, 0.4) is 0 Å². The minimum Gasteiger partial charge on any atom is -0.422 e. The first-order valence-electron chi connectivity index (χ1n) is 8.16. The van der Waals surface area contributed by atoms with Crippen LogP contribution >= 0.6 is 0 Å². The highest BCUT2D eigenvalue weighted by Crippen LogP contribution is 2.28. The number of hydrogen-bond donors (Lipinski definition) is 0. The normalized spacial score (nSPS) is 10.9. The van der Waals surface area contributed by atoms with Gasteiger partial charge in [0, 0.05) is 7.05 Å². The highest BCUT2D eigenvalue weighted by molar-refractivity contribution is 5.70. The van der Waals surface area contributed by atoms with Crippen molar-refractivity contribution in [3.8, 4) is 23.5 Å². The Morgan fingerprint density at radius 1 is 1.07 bits per heavy atom. The molecule has 0 amide bonds. The van der Waals surface area contributed by atoms with Crippen molar-refractivity contribution in [2.45, 2.75) is 0 Å². The zero-order valence-corrected chi connectivity index (χ0v) is 14.7. The van der Waals surface area contributed by atoms with Crippen molar-refractivity contribution in [3.05, 3.63) is 76.1 Å². The van der Waals surface area contributed by atoms with Crippen LogP contribution in [-0.2, 0) is 7.05 Å². The average molecular weight is 397 g/mol. The Labute approximate surface area is 160 Å². The van der Waals surface area contributed by atoms with Crippen LogP contribution < -0.4 is 10.3 Å². The largest absolute Gasteiger partial charge is 0.422 e. The van der Waals surface area contributed by atoms with Crippen LogP contribution in [0.1, 0.15) is 5.56 Å². The Morgan fingerprint density at radius 2 is 1.79 bits per heavy atom. The molecule has 29 heavy (non-hydrogen) atoms. The lowest BCUT2D eigenvalue weighted by atomic mass is 10.2. The first-order chi connectivity index (χ1) is 13.9. The molecule has 0 spiro atoms. The first-order valence-corrected chi connectivity index (χ1v) is 8.16. The Bertz CT molecular complexity index is 1350. The first kappa shape index (κ1) is 18.2. The summed E-state index contributed by atoms with van der Waals surface area (Å²) in [5.74, 6) is -5.30. The second-order valence-corrected chi connectivity index (χ2v) is 6.00. The number of nitriles is 1. The smallest absolute Gasteiger partial charge is 0.311 e. The van der Waals surface area contributed by atoms with Gasteiger partial charge in [-0.25, -0.2) is 18.3 Å². The molecule has 2 aromatic carbocycles. The van der Waals surface area contributed by atoms with E-state index >= 15 is 0 Å². The Balaban J connectivity index is 1.96. The van der Waals surface area contributed by atoms with E-state index in [0.29, 0.717) is 11.6 Å². The molecule has 0 saturated heterocycles. The molecule has 0 atom stereocenters. The number of hydrogen-bond acceptors (Lipinski definition) is 5. The lowest BCUT2D eigenvalue weighted by Gasteiger charge is -2.13. The quantitative estimate of drug-likeness (QED) is 0.496. The van der Waals surface area contributed by atoms with Crippen molar-refractivity contribution < 1.29 is 17.9 Å². The summed E-state index contributed by atoms with van der Waals surface area (Å²) in [6.45, 7) is 0. The van der Waals surface area contributed by atoms with Gasteiger partial charge in [0.2, 0.25) is 5.82 Å². The fourth-order valence-corrected chi connectivity index (χ4v) is 2.71. The molecular weight excluding hydrogens is 387 g/mol. The number of fused-ring (bicyclic) bond motifs is 1. The highest BCUT2D eigenvalue weighted by atomic mass is 19.2. The van der Waals surface area contributed by atoms with Gasteiger partial charge < -0.3 is 9.30 Å². The predicted molar refractivity (Wildman–Crippen MR) is 95.2 cm³/mol. The van der Waals surface area contributed by atoms with Gasteiger partial charge in [0.05, 0.1) is 23.6 Å². The van der Waals surface area contributed by atoms with E-state index in [4.69, 9.17) is 10.00 Å². The summed E-state index contributed by atoms with van der Waals surface area (Å²) in [5, 5.41) is 8.95. The number of benzene rings is 2. The fourth-order valence-electron chi connectivity index (χ4n) is 2.71. The van der Waals surface area contributed by atoms with Crippen LogP contribution in [0, 0.1) is 28.8 Å². The van der Waals surface area contributed by atoms with E-state index in [-0.39, 0.29) is 22.9 Å². The van der Waals surface area contributed by atoms with Crippen molar-refractivity contribution in [2.75, 3.05) is 0 Å². The van der Waals surface area contributed by atoms with E-state index in [0.717, 1.165) is 10.6 Å². The molecule has 7 nitrogen and oxygen atoms in total. The molecule has 2 heterocycles. The van der Waals surface area contributed by atoms with E-state index in [1.165, 1.54) is 35.2 Å². The van der Waals surface area contributed by atoms with Gasteiger partial charge in [-0.05, 0) is 36.4 Å². The third-order valence-corrected chi connectivity index (χ3v) is 4.16. The molecule has 0 saturated carbocycles. The molecule has 0 aliphatic rings. The van der Waals surface area contributed by atoms with Gasteiger partial charge in [0.1, 0.15) is 0 Å². The minimum absolute atomic E-state index is 0.0231. The van der Waals surface area contributed by atoms with Crippen molar-refractivity contribution >= 4 is 11.2 Å². The second kappa shape index (κ2) is 6.79. The number of aromatic nitrogens is 4. The molecule has 0 bridgehead atoms. The Hall–Kier alpha value is -4.13. The molecule has 144 valence electrons. The van der Waals surface area contributed by atoms with Crippen LogP contribution in [0.4, 0.5) is 13.2 Å². The second-order valence-electron chi connectivity index (χ2n) is 6.00. The van der Waals surface area contributed by atoms with E-state index in [2.05, 4.69) is 9.97 Å². The minimum atomic E-state index is -1.71. The van der Waals surface area contributed by atoms with Crippen LogP contribution in [0.5, 0.6) is 11.8 Å². The van der Waals surface area contributed by atoms with Crippen LogP contribution in [0.25, 0.3) is 16.9 Å². The summed E-state index contributed by atoms with van der Waals surface area (Å²) in [6.07, 6.45) is 1.37. The van der Waals surface area contributed by atoms with Gasteiger partial charge in [0.15, 0.2) is 28.5 Å². The molecule has 0 aliphatic heterocycles. The summed E-state index contributed by atoms with van der Waals surface area (Å²) in [4.78, 5) is 21.2. The maximum absolute atomic E-state index is 14.1. The van der Waals surface area contributed by atoms with Gasteiger partial charge >= 0.3 is 6.01 Å². The topological polar surface area (TPSA) is 85.7 Å². The van der Waals surface area contributed by atoms with E-state index in [9.17, 15) is 18.0 Å². The number of rotatable bonds is 3. The molecule has 0 fully saturated rings. The monoisotopic (exact) mass is 397 g/mol. The van der Waals surface area contributed by atoms with Crippen molar-refractivity contribution in [1.82, 2.24) is 19.1 Å². The van der Waals surface area contributed by atoms with Crippen molar-refractivity contribution in [1.29, 1.82) is 5.26 Å². The van der Waals surface area contributed by atoms with Crippen LogP contribution in [-0.4, -0.2) is 19.1 Å².